The number of allylic oxidation sites excluding steroid dienone is 6. The molecule has 4 heteroatoms. The number of unbranched alkanes of at least 4 members (excludes halogenated alkanes) is 2. The third-order valence-corrected chi connectivity index (χ3v) is 8.28. The van der Waals surface area contributed by atoms with Crippen molar-refractivity contribution >= 4 is 48.6 Å². The summed E-state index contributed by atoms with van der Waals surface area (Å²) in [4.78, 5) is 0. The minimum atomic E-state index is -0.631. The predicted octanol–water partition coefficient (Wildman–Crippen LogP) is 8.18. The molecule has 0 atom stereocenters. The van der Waals surface area contributed by atoms with Gasteiger partial charge in [0.1, 0.15) is 16.9 Å². The first-order valence-electron chi connectivity index (χ1n) is 13.2. The second-order valence-electron chi connectivity index (χ2n) is 9.82. The summed E-state index contributed by atoms with van der Waals surface area (Å²) in [5.74, 6) is 3.62. The fourth-order valence-electron chi connectivity index (χ4n) is 5.94. The molecular weight excluding hydrogens is 492 g/mol. The molecule has 188 valence electrons. The van der Waals surface area contributed by atoms with Crippen LogP contribution in [0.4, 0.5) is 0 Å². The smallest absolute Gasteiger partial charge is 0.136 e. The fraction of sp³-hybridized carbons (Fsp3) is 0.273. The van der Waals surface area contributed by atoms with E-state index in [1.807, 2.05) is 0 Å². The van der Waals surface area contributed by atoms with Crippen molar-refractivity contribution in [2.45, 2.75) is 25.7 Å². The van der Waals surface area contributed by atoms with Crippen LogP contribution in [0.5, 0.6) is 0 Å². The van der Waals surface area contributed by atoms with Crippen LogP contribution in [0.1, 0.15) is 47.9 Å². The molecule has 0 saturated carbocycles. The highest BCUT2D eigenvalue weighted by molar-refractivity contribution is 7.80. The van der Waals surface area contributed by atoms with Crippen LogP contribution >= 0.6 is 25.3 Å². The Morgan fingerprint density at radius 3 is 1.49 bits per heavy atom. The topological polar surface area (TPSA) is 18.5 Å². The van der Waals surface area contributed by atoms with Gasteiger partial charge in [-0.25, -0.2) is 0 Å². The molecule has 0 bridgehead atoms. The lowest BCUT2D eigenvalue weighted by Gasteiger charge is -2.44. The van der Waals surface area contributed by atoms with Crippen molar-refractivity contribution < 1.29 is 9.47 Å². The molecule has 0 aromatic heterocycles. The summed E-state index contributed by atoms with van der Waals surface area (Å²) in [5.41, 5.74) is 9.38. The van der Waals surface area contributed by atoms with Gasteiger partial charge >= 0.3 is 0 Å². The van der Waals surface area contributed by atoms with Crippen LogP contribution in [-0.2, 0) is 9.47 Å². The Hall–Kier alpha value is -2.82. The Labute approximate surface area is 231 Å². The summed E-state index contributed by atoms with van der Waals surface area (Å²) >= 11 is 8.80. The second-order valence-corrected chi connectivity index (χ2v) is 10.7. The Bertz CT molecular complexity index is 1300. The third kappa shape index (κ3) is 4.06. The quantitative estimate of drug-likeness (QED) is 0.241. The number of rotatable bonds is 10. The molecule has 4 aliphatic rings. The van der Waals surface area contributed by atoms with E-state index in [1.165, 1.54) is 44.5 Å². The number of hydrogen-bond donors (Lipinski definition) is 2. The van der Waals surface area contributed by atoms with Crippen LogP contribution in [0.3, 0.4) is 0 Å². The van der Waals surface area contributed by atoms with Crippen LogP contribution in [-0.4, -0.2) is 24.7 Å². The van der Waals surface area contributed by atoms with Crippen molar-refractivity contribution in [1.82, 2.24) is 0 Å². The molecule has 0 aliphatic heterocycles. The SMILES string of the molecule is SCCCCOC1=CC=C2C(=Cc3ccccc32)C12C(OCCCCS)=CC=C1C2=Cc2ccccc21. The van der Waals surface area contributed by atoms with Crippen LogP contribution in [0.2, 0.25) is 0 Å². The highest BCUT2D eigenvalue weighted by atomic mass is 32.1. The minimum absolute atomic E-state index is 0.631. The van der Waals surface area contributed by atoms with Gasteiger partial charge in [-0.3, -0.25) is 0 Å². The van der Waals surface area contributed by atoms with E-state index in [0.29, 0.717) is 13.2 Å². The first kappa shape index (κ1) is 24.5. The van der Waals surface area contributed by atoms with Gasteiger partial charge < -0.3 is 9.47 Å². The average molecular weight is 525 g/mol. The molecule has 0 heterocycles. The van der Waals surface area contributed by atoms with E-state index in [2.05, 4.69) is 110 Å². The molecule has 0 N–H and O–H groups in total. The molecule has 0 unspecified atom stereocenters. The Kier molecular flexibility index (Phi) is 6.96. The van der Waals surface area contributed by atoms with E-state index in [0.717, 1.165) is 48.7 Å². The molecule has 0 fully saturated rings. The van der Waals surface area contributed by atoms with Gasteiger partial charge in [0.2, 0.25) is 0 Å². The summed E-state index contributed by atoms with van der Waals surface area (Å²) in [6.45, 7) is 1.31. The average Bonchev–Trinajstić information content (AvgIpc) is 3.50. The maximum Gasteiger partial charge on any atom is 0.136 e. The normalized spacial score (nSPS) is 17.9. The summed E-state index contributed by atoms with van der Waals surface area (Å²) in [6, 6.07) is 17.3. The third-order valence-electron chi connectivity index (χ3n) is 7.65. The predicted molar refractivity (Wildman–Crippen MR) is 161 cm³/mol. The highest BCUT2D eigenvalue weighted by Gasteiger charge is 2.55. The molecule has 4 aliphatic carbocycles. The fourth-order valence-corrected chi connectivity index (χ4v) is 6.39. The number of thiol groups is 2. The highest BCUT2D eigenvalue weighted by Crippen LogP contribution is 2.64. The maximum absolute atomic E-state index is 6.69. The van der Waals surface area contributed by atoms with Crippen LogP contribution in [0, 0.1) is 5.41 Å². The first-order valence-corrected chi connectivity index (χ1v) is 14.5. The zero-order chi connectivity index (χ0) is 25.2. The van der Waals surface area contributed by atoms with E-state index < -0.39 is 5.41 Å². The van der Waals surface area contributed by atoms with Crippen LogP contribution < -0.4 is 0 Å². The van der Waals surface area contributed by atoms with E-state index in [-0.39, 0.29) is 0 Å². The molecule has 37 heavy (non-hydrogen) atoms. The molecular formula is C33H32O2S2. The molecule has 0 amide bonds. The zero-order valence-corrected chi connectivity index (χ0v) is 22.7. The Morgan fingerprint density at radius 2 is 1.03 bits per heavy atom. The molecule has 2 nitrogen and oxygen atoms in total. The second kappa shape index (κ2) is 10.5. The molecule has 0 saturated heterocycles. The molecule has 6 rings (SSSR count). The van der Waals surface area contributed by atoms with Crippen LogP contribution in [0.25, 0.3) is 23.3 Å². The number of hydrogen-bond acceptors (Lipinski definition) is 4. The Morgan fingerprint density at radius 1 is 0.568 bits per heavy atom. The Balaban J connectivity index is 1.52. The van der Waals surface area contributed by atoms with Gasteiger partial charge in [-0.15, -0.1) is 0 Å². The van der Waals surface area contributed by atoms with Gasteiger partial charge in [0.05, 0.1) is 13.2 Å². The van der Waals surface area contributed by atoms with Crippen molar-refractivity contribution in [2.24, 2.45) is 5.41 Å². The molecule has 0 radical (unpaired) electrons. The lowest BCUT2D eigenvalue weighted by molar-refractivity contribution is 0.116. The monoisotopic (exact) mass is 524 g/mol. The lowest BCUT2D eigenvalue weighted by Crippen LogP contribution is -2.36. The first-order chi connectivity index (χ1) is 18.3. The van der Waals surface area contributed by atoms with Crippen LogP contribution in [0.15, 0.2) is 95.5 Å². The number of ether oxygens (including phenoxy) is 2. The minimum Gasteiger partial charge on any atom is -0.496 e. The summed E-state index contributed by atoms with van der Waals surface area (Å²) in [7, 11) is 0. The van der Waals surface area contributed by atoms with Gasteiger partial charge in [0.25, 0.3) is 0 Å². The van der Waals surface area contributed by atoms with Crippen molar-refractivity contribution in [2.75, 3.05) is 24.7 Å². The van der Waals surface area contributed by atoms with Gasteiger partial charge in [-0.05, 0) is 106 Å². The van der Waals surface area contributed by atoms with Crippen molar-refractivity contribution in [3.8, 4) is 0 Å². The van der Waals surface area contributed by atoms with E-state index in [1.54, 1.807) is 0 Å². The van der Waals surface area contributed by atoms with Gasteiger partial charge in [0.15, 0.2) is 0 Å². The molecule has 2 aromatic rings. The number of benzene rings is 2. The van der Waals surface area contributed by atoms with Crippen molar-refractivity contribution in [3.63, 3.8) is 0 Å². The van der Waals surface area contributed by atoms with Gasteiger partial charge in [0, 0.05) is 0 Å². The summed E-state index contributed by atoms with van der Waals surface area (Å²) in [5, 5.41) is 0. The van der Waals surface area contributed by atoms with Crippen molar-refractivity contribution in [1.29, 1.82) is 0 Å². The lowest BCUT2D eigenvalue weighted by atomic mass is 9.63. The van der Waals surface area contributed by atoms with Gasteiger partial charge in [-0.2, -0.15) is 25.3 Å². The largest absolute Gasteiger partial charge is 0.496 e. The van der Waals surface area contributed by atoms with Gasteiger partial charge in [-0.1, -0.05) is 60.7 Å². The summed E-state index contributed by atoms with van der Waals surface area (Å²) in [6.07, 6.45) is 17.5. The molecule has 2 aromatic carbocycles. The standard InChI is InChI=1S/C33H32O2S2/c36-19-7-5-17-34-31-15-13-27-25-11-3-1-9-23(25)21-29(27)33(31)30-22-24-10-2-4-12-26(24)28(30)14-16-32(33)35-18-6-8-20-37/h1-4,9-16,21-22,36-37H,5-8,17-20H2. The molecule has 1 spiro atoms. The maximum atomic E-state index is 6.69. The summed E-state index contributed by atoms with van der Waals surface area (Å²) < 4.78 is 13.4. The van der Waals surface area contributed by atoms with E-state index in [4.69, 9.17) is 9.47 Å². The number of fused-ring (bicyclic) bond motifs is 8. The zero-order valence-electron chi connectivity index (χ0n) is 21.0. The van der Waals surface area contributed by atoms with E-state index in [9.17, 15) is 0 Å². The van der Waals surface area contributed by atoms with Crippen molar-refractivity contribution in [3.05, 3.63) is 118 Å². The van der Waals surface area contributed by atoms with E-state index >= 15 is 0 Å².